The molecule has 0 aliphatic rings. The molecule has 0 atom stereocenters. The number of aromatic nitrogens is 2. The van der Waals surface area contributed by atoms with Crippen molar-refractivity contribution in [3.8, 4) is 0 Å². The monoisotopic (exact) mass is 383 g/mol. The van der Waals surface area contributed by atoms with Gasteiger partial charge >= 0.3 is 11.1 Å². The van der Waals surface area contributed by atoms with Crippen LogP contribution in [0.5, 0.6) is 0 Å². The second-order valence-corrected chi connectivity index (χ2v) is 5.79. The number of rotatable bonds is 5. The van der Waals surface area contributed by atoms with Gasteiger partial charge < -0.3 is 21.0 Å². The molecular formula is C17H13N5O6. The van der Waals surface area contributed by atoms with Crippen LogP contribution in [0.2, 0.25) is 0 Å². The van der Waals surface area contributed by atoms with E-state index in [-0.39, 0.29) is 40.0 Å². The molecule has 0 fully saturated rings. The van der Waals surface area contributed by atoms with Crippen molar-refractivity contribution in [1.29, 1.82) is 0 Å². The van der Waals surface area contributed by atoms with Gasteiger partial charge in [0, 0.05) is 24.2 Å². The number of fused-ring (bicyclic) bond motifs is 1. The van der Waals surface area contributed by atoms with Crippen LogP contribution >= 0.6 is 0 Å². The Morgan fingerprint density at radius 3 is 2.36 bits per heavy atom. The zero-order chi connectivity index (χ0) is 20.4. The summed E-state index contributed by atoms with van der Waals surface area (Å²) in [6.45, 7) is -0.216. The van der Waals surface area contributed by atoms with Crippen molar-refractivity contribution in [3.05, 3.63) is 83.9 Å². The third kappa shape index (κ3) is 3.49. The molecule has 5 N–H and O–H groups in total. The number of nitrogens with zero attached hydrogens (tertiary/aromatic N) is 1. The minimum Gasteiger partial charge on any atom is -0.366 e. The van der Waals surface area contributed by atoms with Crippen LogP contribution in [0.25, 0.3) is 11.0 Å². The Labute approximate surface area is 155 Å². The lowest BCUT2D eigenvalue weighted by Gasteiger charge is -2.10. The lowest BCUT2D eigenvalue weighted by atomic mass is 10.1. The van der Waals surface area contributed by atoms with E-state index in [1.165, 1.54) is 12.1 Å². The van der Waals surface area contributed by atoms with E-state index in [0.717, 1.165) is 12.1 Å². The normalized spacial score (nSPS) is 10.6. The Kier molecular flexibility index (Phi) is 4.73. The van der Waals surface area contributed by atoms with Crippen LogP contribution in [0.1, 0.15) is 26.3 Å². The van der Waals surface area contributed by atoms with Gasteiger partial charge in [0.2, 0.25) is 5.91 Å². The first-order valence-electron chi connectivity index (χ1n) is 7.88. The fourth-order valence-corrected chi connectivity index (χ4v) is 2.69. The van der Waals surface area contributed by atoms with Crippen molar-refractivity contribution in [1.82, 2.24) is 15.3 Å². The van der Waals surface area contributed by atoms with Gasteiger partial charge in [0.1, 0.15) is 0 Å². The molecule has 3 aromatic rings. The summed E-state index contributed by atoms with van der Waals surface area (Å²) in [5, 5.41) is 13.7. The maximum atomic E-state index is 12.4. The third-order valence-electron chi connectivity index (χ3n) is 3.99. The van der Waals surface area contributed by atoms with Crippen LogP contribution in [0.15, 0.2) is 46.0 Å². The number of hydrogen-bond acceptors (Lipinski definition) is 6. The van der Waals surface area contributed by atoms with Gasteiger partial charge in [0.15, 0.2) is 0 Å². The van der Waals surface area contributed by atoms with E-state index in [1.54, 1.807) is 12.1 Å². The molecule has 2 aromatic carbocycles. The maximum absolute atomic E-state index is 12.4. The van der Waals surface area contributed by atoms with Crippen molar-refractivity contribution >= 4 is 28.5 Å². The second kappa shape index (κ2) is 7.15. The van der Waals surface area contributed by atoms with Crippen molar-refractivity contribution in [2.24, 2.45) is 5.73 Å². The Balaban J connectivity index is 2.00. The highest BCUT2D eigenvalue weighted by Crippen LogP contribution is 2.21. The van der Waals surface area contributed by atoms with Crippen LogP contribution < -0.4 is 22.2 Å². The highest BCUT2D eigenvalue weighted by atomic mass is 16.6. The maximum Gasteiger partial charge on any atom is 0.314 e. The third-order valence-corrected chi connectivity index (χ3v) is 3.99. The summed E-state index contributed by atoms with van der Waals surface area (Å²) in [5.41, 5.74) is 3.44. The molecule has 0 saturated heterocycles. The number of non-ortho nitro benzene ring substituents is 1. The number of primary amides is 1. The number of nitro benzene ring substituents is 1. The molecule has 1 aromatic heterocycles. The first kappa shape index (κ1) is 18.5. The molecule has 0 aliphatic heterocycles. The molecule has 11 heteroatoms. The summed E-state index contributed by atoms with van der Waals surface area (Å²) >= 11 is 0. The van der Waals surface area contributed by atoms with E-state index in [9.17, 15) is 29.3 Å². The summed E-state index contributed by atoms with van der Waals surface area (Å²) in [4.78, 5) is 62.1. The predicted octanol–water partition coefficient (Wildman–Crippen LogP) is 0.154. The van der Waals surface area contributed by atoms with E-state index in [2.05, 4.69) is 15.3 Å². The van der Waals surface area contributed by atoms with Gasteiger partial charge in [-0.2, -0.15) is 0 Å². The van der Waals surface area contributed by atoms with Crippen molar-refractivity contribution < 1.29 is 14.5 Å². The van der Waals surface area contributed by atoms with E-state index in [1.807, 2.05) is 0 Å². The number of carbonyl (C=O) groups is 2. The Hall–Kier alpha value is -4.28. The lowest BCUT2D eigenvalue weighted by Crippen LogP contribution is -2.30. The topological polar surface area (TPSA) is 181 Å². The second-order valence-electron chi connectivity index (χ2n) is 5.79. The molecule has 0 unspecified atom stereocenters. The summed E-state index contributed by atoms with van der Waals surface area (Å²) < 4.78 is 0. The summed E-state index contributed by atoms with van der Waals surface area (Å²) in [7, 11) is 0. The number of H-pyrrole nitrogens is 2. The molecule has 3 rings (SSSR count). The van der Waals surface area contributed by atoms with Crippen LogP contribution in [0.3, 0.4) is 0 Å². The van der Waals surface area contributed by atoms with E-state index < -0.39 is 27.9 Å². The van der Waals surface area contributed by atoms with Crippen LogP contribution in [-0.2, 0) is 6.54 Å². The predicted molar refractivity (Wildman–Crippen MR) is 98.0 cm³/mol. The van der Waals surface area contributed by atoms with Crippen molar-refractivity contribution in [2.75, 3.05) is 0 Å². The molecule has 2 amide bonds. The Morgan fingerprint density at radius 2 is 1.71 bits per heavy atom. The molecule has 0 spiro atoms. The molecule has 0 radical (unpaired) electrons. The minimum atomic E-state index is -0.960. The molecule has 1 heterocycles. The van der Waals surface area contributed by atoms with Gasteiger partial charge in [-0.3, -0.25) is 29.3 Å². The smallest absolute Gasteiger partial charge is 0.314 e. The number of nitro groups is 1. The first-order valence-corrected chi connectivity index (χ1v) is 7.88. The fourth-order valence-electron chi connectivity index (χ4n) is 2.69. The number of benzene rings is 2. The molecule has 0 bridgehead atoms. The molecule has 0 saturated carbocycles. The standard InChI is InChI=1S/C17H13N5O6/c18-14(23)10-3-1-2-4-11(10)15(24)19-7-8-5-9(22(27)28)6-12-13(8)21-17(26)16(25)20-12/h1-6H,7H2,(H2,18,23)(H,19,24)(H,20,25)(H,21,26). The number of amides is 2. The molecule has 0 aliphatic carbocycles. The van der Waals surface area contributed by atoms with Crippen LogP contribution in [0.4, 0.5) is 5.69 Å². The summed E-state index contributed by atoms with van der Waals surface area (Å²) in [5.74, 6) is -1.42. The summed E-state index contributed by atoms with van der Waals surface area (Å²) in [6, 6.07) is 8.15. The fraction of sp³-hybridized carbons (Fsp3) is 0.0588. The van der Waals surface area contributed by atoms with Gasteiger partial charge in [-0.15, -0.1) is 0 Å². The molecule has 142 valence electrons. The lowest BCUT2D eigenvalue weighted by molar-refractivity contribution is -0.384. The zero-order valence-corrected chi connectivity index (χ0v) is 14.1. The Morgan fingerprint density at radius 1 is 1.07 bits per heavy atom. The van der Waals surface area contributed by atoms with E-state index in [4.69, 9.17) is 5.73 Å². The number of carbonyl (C=O) groups excluding carboxylic acids is 2. The number of nitrogens with two attached hydrogens (primary N) is 1. The van der Waals surface area contributed by atoms with Gasteiger partial charge in [0.05, 0.1) is 27.1 Å². The highest BCUT2D eigenvalue weighted by molar-refractivity contribution is 6.06. The quantitative estimate of drug-likeness (QED) is 0.276. The minimum absolute atomic E-state index is 0.0154. The first-order chi connectivity index (χ1) is 13.3. The zero-order valence-electron chi connectivity index (χ0n) is 14.1. The van der Waals surface area contributed by atoms with Gasteiger partial charge in [-0.1, -0.05) is 12.1 Å². The van der Waals surface area contributed by atoms with E-state index in [0.29, 0.717) is 0 Å². The SMILES string of the molecule is NC(=O)c1ccccc1C(=O)NCc1cc([N+](=O)[O-])cc2[nH]c(=O)c(=O)[nH]c12. The number of nitrogens with one attached hydrogen (secondary N) is 3. The number of aromatic amines is 2. The van der Waals surface area contributed by atoms with Gasteiger partial charge in [-0.05, 0) is 12.1 Å². The van der Waals surface area contributed by atoms with Crippen LogP contribution in [0, 0.1) is 10.1 Å². The molecular weight excluding hydrogens is 370 g/mol. The molecule has 11 nitrogen and oxygen atoms in total. The van der Waals surface area contributed by atoms with Crippen molar-refractivity contribution in [3.63, 3.8) is 0 Å². The average Bonchev–Trinajstić information content (AvgIpc) is 2.66. The molecule has 28 heavy (non-hydrogen) atoms. The Bertz CT molecular complexity index is 1240. The highest BCUT2D eigenvalue weighted by Gasteiger charge is 2.17. The summed E-state index contributed by atoms with van der Waals surface area (Å²) in [6.07, 6.45) is 0. The number of hydrogen-bond donors (Lipinski definition) is 4. The van der Waals surface area contributed by atoms with E-state index >= 15 is 0 Å². The average molecular weight is 383 g/mol. The largest absolute Gasteiger partial charge is 0.366 e. The van der Waals surface area contributed by atoms with Crippen molar-refractivity contribution in [2.45, 2.75) is 6.54 Å². The van der Waals surface area contributed by atoms with Gasteiger partial charge in [-0.25, -0.2) is 0 Å². The van der Waals surface area contributed by atoms with Gasteiger partial charge in [0.25, 0.3) is 11.6 Å². The van der Waals surface area contributed by atoms with Crippen LogP contribution in [-0.4, -0.2) is 26.7 Å².